The minimum atomic E-state index is -0.370. The highest BCUT2D eigenvalue weighted by Gasteiger charge is 2.18. The second-order valence-electron chi connectivity index (χ2n) is 5.62. The van der Waals surface area contributed by atoms with E-state index in [0.717, 1.165) is 11.1 Å². The summed E-state index contributed by atoms with van der Waals surface area (Å²) in [6.45, 7) is 0. The molecule has 110 valence electrons. The van der Waals surface area contributed by atoms with Gasteiger partial charge in [-0.25, -0.2) is 4.98 Å². The standard InChI is InChI=1S/C16H19N3O2/c20-19(21)15-10-9-14(13-8-5-11-17-16(13)15)18-12-6-3-1-2-4-7-12/h5,8-12,18H,1-4,6-7H2. The SMILES string of the molecule is O=[N+]([O-])c1ccc(NC2CCCCCC2)c2cccnc12. The second kappa shape index (κ2) is 6.08. The molecule has 0 aliphatic heterocycles. The Bertz CT molecular complexity index is 649. The summed E-state index contributed by atoms with van der Waals surface area (Å²) in [5.74, 6) is 0. The third-order valence-corrected chi connectivity index (χ3v) is 4.16. The summed E-state index contributed by atoms with van der Waals surface area (Å²) in [4.78, 5) is 14.9. The van der Waals surface area contributed by atoms with E-state index in [2.05, 4.69) is 10.3 Å². The van der Waals surface area contributed by atoms with Gasteiger partial charge in [0.25, 0.3) is 5.69 Å². The molecule has 0 unspecified atom stereocenters. The van der Waals surface area contributed by atoms with Crippen molar-refractivity contribution in [3.63, 3.8) is 0 Å². The van der Waals surface area contributed by atoms with Crippen molar-refractivity contribution in [3.8, 4) is 0 Å². The maximum absolute atomic E-state index is 11.1. The largest absolute Gasteiger partial charge is 0.382 e. The van der Waals surface area contributed by atoms with Crippen molar-refractivity contribution in [1.29, 1.82) is 0 Å². The smallest absolute Gasteiger partial charge is 0.295 e. The van der Waals surface area contributed by atoms with Crippen LogP contribution in [0.3, 0.4) is 0 Å². The van der Waals surface area contributed by atoms with Crippen LogP contribution in [0.4, 0.5) is 11.4 Å². The van der Waals surface area contributed by atoms with Gasteiger partial charge >= 0.3 is 0 Å². The van der Waals surface area contributed by atoms with E-state index >= 15 is 0 Å². The Hall–Kier alpha value is -2.17. The number of anilines is 1. The van der Waals surface area contributed by atoms with Crippen LogP contribution < -0.4 is 5.32 Å². The molecule has 1 heterocycles. The van der Waals surface area contributed by atoms with Gasteiger partial charge in [-0.3, -0.25) is 10.1 Å². The Labute approximate surface area is 123 Å². The first-order chi connectivity index (χ1) is 10.3. The van der Waals surface area contributed by atoms with E-state index in [1.807, 2.05) is 18.2 Å². The number of aromatic nitrogens is 1. The van der Waals surface area contributed by atoms with Gasteiger partial charge in [-0.1, -0.05) is 25.7 Å². The molecular weight excluding hydrogens is 266 g/mol. The molecule has 0 atom stereocenters. The van der Waals surface area contributed by atoms with E-state index in [0.29, 0.717) is 11.6 Å². The summed E-state index contributed by atoms with van der Waals surface area (Å²) in [5.41, 5.74) is 1.48. The fourth-order valence-corrected chi connectivity index (χ4v) is 3.07. The Morgan fingerprint density at radius 3 is 2.62 bits per heavy atom. The predicted octanol–water partition coefficient (Wildman–Crippen LogP) is 4.28. The molecule has 1 fully saturated rings. The Morgan fingerprint density at radius 1 is 1.14 bits per heavy atom. The van der Waals surface area contributed by atoms with Gasteiger partial charge in [0.2, 0.25) is 0 Å². The summed E-state index contributed by atoms with van der Waals surface area (Å²) >= 11 is 0. The Morgan fingerprint density at radius 2 is 1.90 bits per heavy atom. The third kappa shape index (κ3) is 2.96. The molecule has 0 amide bonds. The highest BCUT2D eigenvalue weighted by molar-refractivity contribution is 5.96. The van der Waals surface area contributed by atoms with Crippen LogP contribution in [0.15, 0.2) is 30.5 Å². The highest BCUT2D eigenvalue weighted by atomic mass is 16.6. The third-order valence-electron chi connectivity index (χ3n) is 4.16. The van der Waals surface area contributed by atoms with E-state index in [1.54, 1.807) is 12.3 Å². The maximum atomic E-state index is 11.1. The van der Waals surface area contributed by atoms with Crippen molar-refractivity contribution in [2.75, 3.05) is 5.32 Å². The van der Waals surface area contributed by atoms with Crippen LogP contribution in [0.25, 0.3) is 10.9 Å². The number of benzene rings is 1. The number of hydrogen-bond donors (Lipinski definition) is 1. The molecule has 1 aliphatic rings. The molecule has 0 radical (unpaired) electrons. The number of nitro groups is 1. The zero-order chi connectivity index (χ0) is 14.7. The summed E-state index contributed by atoms with van der Waals surface area (Å²) in [5, 5.41) is 15.5. The van der Waals surface area contributed by atoms with Gasteiger partial charge in [0.05, 0.1) is 4.92 Å². The topological polar surface area (TPSA) is 68.1 Å². The van der Waals surface area contributed by atoms with Crippen molar-refractivity contribution in [2.24, 2.45) is 0 Å². The van der Waals surface area contributed by atoms with Gasteiger partial charge < -0.3 is 5.32 Å². The van der Waals surface area contributed by atoms with Gasteiger partial charge in [-0.15, -0.1) is 0 Å². The average Bonchev–Trinajstić information content (AvgIpc) is 2.76. The number of non-ortho nitro benzene ring substituents is 1. The lowest BCUT2D eigenvalue weighted by Gasteiger charge is -2.18. The molecule has 0 bridgehead atoms. The molecule has 5 nitrogen and oxygen atoms in total. The molecule has 1 aliphatic carbocycles. The van der Waals surface area contributed by atoms with Crippen LogP contribution in [0, 0.1) is 10.1 Å². The van der Waals surface area contributed by atoms with Crippen LogP contribution >= 0.6 is 0 Å². The molecule has 2 aromatic rings. The Kier molecular flexibility index (Phi) is 3.99. The van der Waals surface area contributed by atoms with Crippen molar-refractivity contribution in [1.82, 2.24) is 4.98 Å². The molecule has 1 saturated carbocycles. The number of rotatable bonds is 3. The number of nitro benzene ring substituents is 1. The lowest BCUT2D eigenvalue weighted by atomic mass is 10.1. The maximum Gasteiger partial charge on any atom is 0.295 e. The van der Waals surface area contributed by atoms with Crippen molar-refractivity contribution in [3.05, 3.63) is 40.6 Å². The lowest BCUT2D eigenvalue weighted by Crippen LogP contribution is -2.18. The fourth-order valence-electron chi connectivity index (χ4n) is 3.07. The van der Waals surface area contributed by atoms with Crippen LogP contribution in [0.5, 0.6) is 0 Å². The first-order valence-corrected chi connectivity index (χ1v) is 7.54. The molecule has 1 N–H and O–H groups in total. The van der Waals surface area contributed by atoms with E-state index in [1.165, 1.54) is 38.5 Å². The molecular formula is C16H19N3O2. The predicted molar refractivity (Wildman–Crippen MR) is 83.5 cm³/mol. The molecule has 1 aromatic carbocycles. The molecule has 0 saturated heterocycles. The van der Waals surface area contributed by atoms with Crippen molar-refractivity contribution >= 4 is 22.3 Å². The summed E-state index contributed by atoms with van der Waals surface area (Å²) in [7, 11) is 0. The van der Waals surface area contributed by atoms with Gasteiger partial charge in [0, 0.05) is 29.4 Å². The normalized spacial score (nSPS) is 16.6. The summed E-state index contributed by atoms with van der Waals surface area (Å²) in [6, 6.07) is 7.54. The number of hydrogen-bond acceptors (Lipinski definition) is 4. The lowest BCUT2D eigenvalue weighted by molar-refractivity contribution is -0.383. The van der Waals surface area contributed by atoms with E-state index in [-0.39, 0.29) is 10.6 Å². The number of nitrogens with one attached hydrogen (secondary N) is 1. The van der Waals surface area contributed by atoms with Gasteiger partial charge in [-0.05, 0) is 31.0 Å². The minimum Gasteiger partial charge on any atom is -0.382 e. The van der Waals surface area contributed by atoms with E-state index in [9.17, 15) is 10.1 Å². The molecule has 21 heavy (non-hydrogen) atoms. The monoisotopic (exact) mass is 285 g/mol. The summed E-state index contributed by atoms with van der Waals surface area (Å²) < 4.78 is 0. The van der Waals surface area contributed by atoms with Crippen molar-refractivity contribution < 1.29 is 4.92 Å². The highest BCUT2D eigenvalue weighted by Crippen LogP contribution is 2.31. The van der Waals surface area contributed by atoms with Crippen LogP contribution in [0.2, 0.25) is 0 Å². The van der Waals surface area contributed by atoms with Gasteiger partial charge in [0.1, 0.15) is 5.52 Å². The molecule has 5 heteroatoms. The summed E-state index contributed by atoms with van der Waals surface area (Å²) in [6.07, 6.45) is 9.05. The van der Waals surface area contributed by atoms with Crippen molar-refractivity contribution in [2.45, 2.75) is 44.6 Å². The number of fused-ring (bicyclic) bond motifs is 1. The van der Waals surface area contributed by atoms with Gasteiger partial charge in [-0.2, -0.15) is 0 Å². The van der Waals surface area contributed by atoms with E-state index in [4.69, 9.17) is 0 Å². The van der Waals surface area contributed by atoms with Crippen LogP contribution in [0.1, 0.15) is 38.5 Å². The van der Waals surface area contributed by atoms with Gasteiger partial charge in [0.15, 0.2) is 0 Å². The average molecular weight is 285 g/mol. The molecule has 0 spiro atoms. The molecule has 1 aromatic heterocycles. The van der Waals surface area contributed by atoms with E-state index < -0.39 is 0 Å². The minimum absolute atomic E-state index is 0.0667. The zero-order valence-electron chi connectivity index (χ0n) is 11.9. The first kappa shape index (κ1) is 13.8. The Balaban J connectivity index is 1.95. The number of nitrogens with zero attached hydrogens (tertiary/aromatic N) is 2. The second-order valence-corrected chi connectivity index (χ2v) is 5.62. The van der Waals surface area contributed by atoms with Crippen LogP contribution in [-0.2, 0) is 0 Å². The fraction of sp³-hybridized carbons (Fsp3) is 0.438. The number of pyridine rings is 1. The zero-order valence-corrected chi connectivity index (χ0v) is 11.9. The van der Waals surface area contributed by atoms with Crippen LogP contribution in [-0.4, -0.2) is 15.9 Å². The first-order valence-electron chi connectivity index (χ1n) is 7.54. The quantitative estimate of drug-likeness (QED) is 0.519. The molecule has 3 rings (SSSR count).